The number of hydrogen-bond donors (Lipinski definition) is 2. The summed E-state index contributed by atoms with van der Waals surface area (Å²) in [4.78, 5) is 59.3. The van der Waals surface area contributed by atoms with Crippen molar-refractivity contribution in [2.75, 3.05) is 66.0 Å². The smallest absolute Gasteiger partial charge is 0.431 e. The number of hydrogen-bond acceptors (Lipinski definition) is 10. The number of aromatic nitrogens is 3. The maximum atomic E-state index is 14.7. The Hall–Kier alpha value is -7.98. The maximum absolute atomic E-state index is 14.7. The summed E-state index contributed by atoms with van der Waals surface area (Å²) in [6, 6.07) is 36.0. The molecule has 9 heterocycles. The van der Waals surface area contributed by atoms with Gasteiger partial charge in [0.15, 0.2) is 17.4 Å². The number of carbonyl (C=O) groups is 4. The topological polar surface area (TPSA) is 148 Å². The van der Waals surface area contributed by atoms with Gasteiger partial charge in [0.2, 0.25) is 0 Å². The first-order chi connectivity index (χ1) is 46.4. The van der Waals surface area contributed by atoms with E-state index in [0.29, 0.717) is 135 Å². The number of rotatable bonds is 12. The van der Waals surface area contributed by atoms with Crippen LogP contribution in [0.25, 0.3) is 0 Å². The van der Waals surface area contributed by atoms with Crippen LogP contribution in [0.3, 0.4) is 0 Å². The number of fused-ring (bicyclic) bond motifs is 6. The second-order valence-electron chi connectivity index (χ2n) is 29.0. The van der Waals surface area contributed by atoms with Crippen LogP contribution in [0.2, 0.25) is 5.02 Å². The highest BCUT2D eigenvalue weighted by molar-refractivity contribution is 6.32. The lowest BCUT2D eigenvalue weighted by molar-refractivity contribution is -0.146. The third kappa shape index (κ3) is 14.8. The lowest BCUT2D eigenvalue weighted by Gasteiger charge is -2.50. The minimum Gasteiger partial charge on any atom is -0.494 e. The molecule has 3 saturated heterocycles. The Morgan fingerprint density at radius 2 is 1.18 bits per heavy atom. The number of nitrogens with zero attached hydrogens (tertiary/aromatic N) is 7. The number of likely N-dealkylation sites (N-methyl/N-ethyl adjacent to an activating group) is 1. The molecule has 0 atom stereocenters. The van der Waals surface area contributed by atoms with Crippen molar-refractivity contribution < 1.29 is 58.2 Å². The number of Topliss-reactive ketones (excluding diaryl/α,β-unsaturated/α-hetero) is 1. The summed E-state index contributed by atoms with van der Waals surface area (Å²) < 4.78 is 92.3. The highest BCUT2D eigenvalue weighted by atomic mass is 35.5. The molecule has 16 nitrogen and oxygen atoms in total. The van der Waals surface area contributed by atoms with E-state index in [0.717, 1.165) is 49.5 Å². The zero-order valence-electron chi connectivity index (χ0n) is 57.8. The van der Waals surface area contributed by atoms with Crippen LogP contribution in [0, 0.1) is 17.6 Å². The van der Waals surface area contributed by atoms with Crippen LogP contribution in [0.5, 0.6) is 23.0 Å². The largest absolute Gasteiger partial charge is 0.494 e. The van der Waals surface area contributed by atoms with Gasteiger partial charge in [-0.1, -0.05) is 43.6 Å². The number of ketones is 1. The van der Waals surface area contributed by atoms with Gasteiger partial charge in [0.05, 0.1) is 51.3 Å². The Bertz CT molecular complexity index is 4020. The van der Waals surface area contributed by atoms with E-state index in [2.05, 4.69) is 47.1 Å². The van der Waals surface area contributed by atoms with Gasteiger partial charge >= 0.3 is 6.18 Å². The number of carbonyl (C=O) groups excluding carboxylic acids is 4. The molecule has 0 bridgehead atoms. The number of ether oxygens (including phenoxy) is 3. The second kappa shape index (κ2) is 28.3. The van der Waals surface area contributed by atoms with Gasteiger partial charge in [-0.15, -0.1) is 0 Å². The van der Waals surface area contributed by atoms with E-state index in [1.165, 1.54) is 22.5 Å². The molecule has 528 valence electrons. The third-order valence-corrected chi connectivity index (χ3v) is 20.6. The zero-order valence-corrected chi connectivity index (χ0v) is 58.5. The van der Waals surface area contributed by atoms with E-state index in [9.17, 15) is 41.1 Å². The van der Waals surface area contributed by atoms with Crippen molar-refractivity contribution in [3.63, 3.8) is 0 Å². The lowest BCUT2D eigenvalue weighted by atomic mass is 9.79. The molecule has 13 rings (SSSR count). The van der Waals surface area contributed by atoms with Crippen molar-refractivity contribution in [1.29, 1.82) is 0 Å². The Kier molecular flexibility index (Phi) is 20.6. The predicted molar refractivity (Wildman–Crippen MR) is 372 cm³/mol. The molecule has 3 spiro atoms. The number of amides is 3. The van der Waals surface area contributed by atoms with Gasteiger partial charge in [0, 0.05) is 115 Å². The molecule has 3 amide bonds. The molecule has 3 aromatic heterocycles. The Morgan fingerprint density at radius 3 is 1.74 bits per heavy atom. The fraction of sp³-hybridized carbons (Fsp3) is 0.474. The van der Waals surface area contributed by atoms with Gasteiger partial charge in [-0.3, -0.25) is 29.4 Å². The first-order valence-corrected chi connectivity index (χ1v) is 34.5. The summed E-state index contributed by atoms with van der Waals surface area (Å²) in [5.41, 5.74) is 1.71. The normalized spacial score (nSPS) is 18.8. The molecule has 7 aromatic rings. The van der Waals surface area contributed by atoms with E-state index >= 15 is 0 Å². The molecule has 2 N–H and O–H groups in total. The predicted octanol–water partition coefficient (Wildman–Crippen LogP) is 15.2. The van der Waals surface area contributed by atoms with Crippen LogP contribution in [0.1, 0.15) is 174 Å². The first kappa shape index (κ1) is 71.3. The van der Waals surface area contributed by atoms with Crippen LogP contribution in [-0.4, -0.2) is 134 Å². The van der Waals surface area contributed by atoms with Gasteiger partial charge in [0.25, 0.3) is 17.7 Å². The summed E-state index contributed by atoms with van der Waals surface area (Å²) in [5.74, 6) is 1.71. The summed E-state index contributed by atoms with van der Waals surface area (Å²) in [7, 11) is 2.16. The fourth-order valence-electron chi connectivity index (χ4n) is 15.2. The van der Waals surface area contributed by atoms with E-state index in [4.69, 9.17) is 25.8 Å². The molecule has 98 heavy (non-hydrogen) atoms. The van der Waals surface area contributed by atoms with Crippen LogP contribution in [0.4, 0.5) is 22.0 Å². The number of benzene rings is 4. The number of para-hydroxylation sites is 1. The van der Waals surface area contributed by atoms with Crippen LogP contribution in [-0.2, 0) is 41.4 Å². The Morgan fingerprint density at radius 1 is 0.643 bits per heavy atom. The van der Waals surface area contributed by atoms with Crippen LogP contribution >= 0.6 is 11.6 Å². The highest BCUT2D eigenvalue weighted by Crippen LogP contribution is 2.47. The molecule has 3 fully saturated rings. The quantitative estimate of drug-likeness (QED) is 0.0895. The monoisotopic (exact) mass is 1380 g/mol. The molecule has 0 saturated carbocycles. The summed E-state index contributed by atoms with van der Waals surface area (Å²) in [6.45, 7) is 23.9. The first-order valence-electron chi connectivity index (χ1n) is 34.1. The van der Waals surface area contributed by atoms with Gasteiger partial charge in [0.1, 0.15) is 28.7 Å². The zero-order chi connectivity index (χ0) is 70.3. The maximum Gasteiger partial charge on any atom is 0.431 e. The van der Waals surface area contributed by atoms with Crippen molar-refractivity contribution in [2.24, 2.45) is 5.92 Å². The number of likely N-dealkylation sites (tertiary alicyclic amines) is 3. The van der Waals surface area contributed by atoms with E-state index in [1.54, 1.807) is 71.5 Å². The molecule has 0 aliphatic carbocycles. The van der Waals surface area contributed by atoms with Crippen molar-refractivity contribution in [2.45, 2.75) is 160 Å². The van der Waals surface area contributed by atoms with E-state index < -0.39 is 40.1 Å². The molecular formula is C76H95ClF5N9O7. The molecule has 6 aliphatic rings. The minimum absolute atomic E-state index is 0. The molecule has 6 aliphatic heterocycles. The van der Waals surface area contributed by atoms with Gasteiger partial charge in [-0.05, 0) is 203 Å². The van der Waals surface area contributed by atoms with Crippen molar-refractivity contribution in [3.05, 3.63) is 189 Å². The summed E-state index contributed by atoms with van der Waals surface area (Å²) >= 11 is 6.29. The third-order valence-electron chi connectivity index (χ3n) is 20.3. The summed E-state index contributed by atoms with van der Waals surface area (Å²) in [6.07, 6.45) is 1.60. The number of halogens is 6. The second-order valence-corrected chi connectivity index (χ2v) is 29.4. The van der Waals surface area contributed by atoms with Crippen molar-refractivity contribution in [3.8, 4) is 23.0 Å². The van der Waals surface area contributed by atoms with E-state index in [1.807, 2.05) is 105 Å². The molecule has 22 heteroatoms. The van der Waals surface area contributed by atoms with Crippen molar-refractivity contribution in [1.82, 2.24) is 43.9 Å². The van der Waals surface area contributed by atoms with Crippen LogP contribution in [0.15, 0.2) is 128 Å². The lowest BCUT2D eigenvalue weighted by Crippen LogP contribution is -2.63. The molecule has 0 radical (unpaired) electrons. The Labute approximate surface area is 579 Å². The SMILES string of the molecule is CC(=O)c1ccc2n1CCN(C)C21CCN(C(=O)c2ccc(Oc3ccccc3)cc2)CC1.CC(C)CCOc1ccc(C(=O)N2CCC3(CC2)NC(C)(C)Cn2cc(F)c(F)c23)cc1.CC(C)Oc1ccc(C(=O)N2CCC3(CC2)NCC(C)(C)n2c(C(F)(F)F)ccc23)cc1Cl.[HH].[HH]. The van der Waals surface area contributed by atoms with E-state index in [-0.39, 0.29) is 43.5 Å². The molecule has 0 unspecified atom stereocenters. The summed E-state index contributed by atoms with van der Waals surface area (Å²) in [5, 5.41) is 7.46. The van der Waals surface area contributed by atoms with Gasteiger partial charge < -0.3 is 47.9 Å². The average molecular weight is 1380 g/mol. The van der Waals surface area contributed by atoms with Crippen molar-refractivity contribution >= 4 is 35.1 Å². The average Bonchev–Trinajstić information content (AvgIpc) is 1.54. The van der Waals surface area contributed by atoms with Gasteiger partial charge in [-0.2, -0.15) is 13.2 Å². The fourth-order valence-corrected chi connectivity index (χ4v) is 15.4. The van der Waals surface area contributed by atoms with Crippen LogP contribution < -0.4 is 24.8 Å². The minimum atomic E-state index is -4.42. The Balaban J connectivity index is 0.000000173. The molecular weight excluding hydrogens is 1280 g/mol. The number of alkyl halides is 3. The standard InChI is InChI=1S/C27H29N3O3.C25H33F2N3O2.C24H29ClF3N3O2.2H2/c1-20(31)24-12-13-25-27(28(2)18-19-30(24)25)14-16-29(17-15-27)26(32)21-8-10-23(11-9-21)33-22-6-4-3-5-7-22;1-17(2)9-14-32-19-7-5-18(6-8-19)23(31)29-12-10-25(11-13-29)22-21(27)20(26)15-30(22)16-24(3,4)28-25;1-15(2)33-18-6-5-16(13-17(18)25)21(32)30-11-9-23(10-12-30)19-7-8-20(24(26,27)28)31(19)22(3,4)14-29-23;;/h3-13H,14-19H2,1-2H3;5-8,15,17,28H,9-14,16H2,1-4H3;5-8,13,15,29H,9-12,14H2,1-4H3;2*1H. The number of piperidine rings is 3. The number of nitrogens with one attached hydrogen (secondary N) is 2. The molecule has 4 aromatic carbocycles. The highest BCUT2D eigenvalue weighted by Gasteiger charge is 2.51. The van der Waals surface area contributed by atoms with Gasteiger partial charge in [-0.25, -0.2) is 8.78 Å².